The van der Waals surface area contributed by atoms with Crippen LogP contribution in [0.15, 0.2) is 83.6 Å². The Hall–Kier alpha value is -2.40. The number of esters is 1. The fourth-order valence-electron chi connectivity index (χ4n) is 8.21. The van der Waals surface area contributed by atoms with Gasteiger partial charge < -0.3 is 61.4 Å². The number of aromatic hydroxyl groups is 1. The molecule has 3 saturated heterocycles. The summed E-state index contributed by atoms with van der Waals surface area (Å²) in [5, 5.41) is 47.4. The molecule has 5 N–H and O–H groups in total. The summed E-state index contributed by atoms with van der Waals surface area (Å²) in [6.45, 7) is 2.77. The van der Waals surface area contributed by atoms with Gasteiger partial charge >= 0.3 is 5.97 Å². The summed E-state index contributed by atoms with van der Waals surface area (Å²) < 4.78 is 18.4. The number of thiophene rings is 2. The van der Waals surface area contributed by atoms with E-state index in [9.17, 15) is 25.2 Å². The zero-order valence-corrected chi connectivity index (χ0v) is 37.5. The molecule has 2 aromatic carbocycles. The molecule has 2 bridgehead atoms. The number of morpholine rings is 1. The van der Waals surface area contributed by atoms with Gasteiger partial charge in [-0.2, -0.15) is 0 Å². The monoisotopic (exact) mass is 922 g/mol. The van der Waals surface area contributed by atoms with E-state index in [-0.39, 0.29) is 47.8 Å². The molecule has 2 aromatic heterocycles. The van der Waals surface area contributed by atoms with Gasteiger partial charge in [-0.15, -0.1) is 35.1 Å². The number of nitrogens with one attached hydrogen (secondary N) is 1. The number of piperidine rings is 1. The number of halogens is 2. The highest BCUT2D eigenvalue weighted by atomic mass is 79.9. The van der Waals surface area contributed by atoms with Crippen molar-refractivity contribution in [2.24, 2.45) is 0 Å². The Morgan fingerprint density at radius 3 is 2.12 bits per heavy atom. The lowest BCUT2D eigenvalue weighted by Crippen LogP contribution is -3.00. The van der Waals surface area contributed by atoms with Crippen molar-refractivity contribution in [3.05, 3.63) is 110 Å². The molecule has 4 aromatic rings. The van der Waals surface area contributed by atoms with E-state index in [0.717, 1.165) is 75.6 Å². The van der Waals surface area contributed by atoms with E-state index in [1.54, 1.807) is 24.3 Å². The molecule has 0 spiro atoms. The van der Waals surface area contributed by atoms with E-state index < -0.39 is 17.7 Å². The first-order valence-corrected chi connectivity index (χ1v) is 21.8. The van der Waals surface area contributed by atoms with Crippen LogP contribution in [-0.4, -0.2) is 102 Å². The topological polar surface area (TPSA) is 141 Å². The van der Waals surface area contributed by atoms with E-state index in [1.807, 2.05) is 22.9 Å². The Morgan fingerprint density at radius 2 is 1.52 bits per heavy atom. The number of aryl methyl sites for hydroxylation is 1. The highest BCUT2D eigenvalue weighted by molar-refractivity contribution is 7.12. The molecule has 5 heterocycles. The molecule has 0 aliphatic carbocycles. The van der Waals surface area contributed by atoms with Crippen LogP contribution in [0.25, 0.3) is 0 Å². The molecular weight excluding hydrogens is 864 g/mol. The van der Waals surface area contributed by atoms with Gasteiger partial charge in [-0.05, 0) is 84.8 Å². The van der Waals surface area contributed by atoms with Crippen LogP contribution >= 0.6 is 35.1 Å². The third kappa shape index (κ3) is 12.1. The minimum Gasteiger partial charge on any atom is -1.00 e. The number of carbonyl (C=O) groups is 1. The molecule has 320 valence electrons. The number of carbonyl (C=O) groups excluding carboxylic acids is 1. The summed E-state index contributed by atoms with van der Waals surface area (Å²) in [5.74, 6) is -0.508. The molecule has 10 nitrogen and oxygen atoms in total. The first-order valence-electron chi connectivity index (χ1n) is 20.1. The molecule has 0 radical (unpaired) electrons. The van der Waals surface area contributed by atoms with Gasteiger partial charge in [0.25, 0.3) is 0 Å². The van der Waals surface area contributed by atoms with Crippen molar-refractivity contribution in [3.63, 3.8) is 0 Å². The van der Waals surface area contributed by atoms with Crippen LogP contribution in [0, 0.1) is 0 Å². The highest BCUT2D eigenvalue weighted by Gasteiger charge is 2.71. The van der Waals surface area contributed by atoms with Crippen molar-refractivity contribution in [1.82, 2.24) is 5.32 Å². The Morgan fingerprint density at radius 1 is 0.897 bits per heavy atom. The van der Waals surface area contributed by atoms with Gasteiger partial charge in [0.2, 0.25) is 5.60 Å². The standard InChI is InChI=1S/C25H37NO4.C19H22NO4S2.BrH.ClH/c27-20-23-18-22(13-14-24(23)28)25(29)19-26-15-7-1-2-8-16-30-17-9-6-12-21-10-4-3-5-11-21;1-20(2)12-9-11(10-13(20)17-16(12)24-17)23-18(21)19(22,14-5-3-7-25-14)15-6-4-8-26-15;;/h3-5,10-11,13-14,18,25-29H,1-2,6-9,12,15-17,19-20H2;3-8,11-13,16-17,22H,9-10H2,1-2H3;2*1H/q;+1;;/p-1/t;11?,12-,13+,16-,17+;;. The molecule has 3 fully saturated rings. The molecule has 2 unspecified atom stereocenters. The Bertz CT molecular complexity index is 1730. The number of ether oxygens (including phenoxy) is 3. The number of benzene rings is 2. The van der Waals surface area contributed by atoms with E-state index in [0.29, 0.717) is 51.7 Å². The zero-order valence-electron chi connectivity index (χ0n) is 33.4. The molecule has 14 heteroatoms. The third-order valence-electron chi connectivity index (χ3n) is 11.6. The lowest BCUT2D eigenvalue weighted by Gasteiger charge is -2.45. The van der Waals surface area contributed by atoms with Crippen molar-refractivity contribution in [2.75, 3.05) is 40.4 Å². The van der Waals surface area contributed by atoms with Crippen LogP contribution in [0.5, 0.6) is 5.75 Å². The first kappa shape index (κ1) is 48.3. The van der Waals surface area contributed by atoms with Crippen molar-refractivity contribution < 1.29 is 60.9 Å². The quantitative estimate of drug-likeness (QED) is 0.0387. The predicted molar refractivity (Wildman–Crippen MR) is 227 cm³/mol. The second kappa shape index (κ2) is 23.0. The van der Waals surface area contributed by atoms with Gasteiger partial charge in [0.1, 0.15) is 36.1 Å². The summed E-state index contributed by atoms with van der Waals surface area (Å²) in [6.07, 6.45) is 9.29. The van der Waals surface area contributed by atoms with Gasteiger partial charge in [0.05, 0.1) is 36.6 Å². The number of phenols is 1. The number of hydrogen-bond donors (Lipinski definition) is 5. The maximum absolute atomic E-state index is 13.1. The number of likely N-dealkylation sites (N-methyl/N-ethyl adjacent to an activating group) is 1. The molecule has 0 amide bonds. The molecule has 0 saturated carbocycles. The average Bonchev–Trinajstić information content (AvgIpc) is 3.49. The molecule has 7 rings (SSSR count). The van der Waals surface area contributed by atoms with Gasteiger partial charge in [-0.1, -0.05) is 61.4 Å². The predicted octanol–water partition coefficient (Wildman–Crippen LogP) is 3.88. The number of quaternary nitrogens is 1. The van der Waals surface area contributed by atoms with Gasteiger partial charge in [-0.3, -0.25) is 0 Å². The first-order chi connectivity index (χ1) is 27.1. The van der Waals surface area contributed by atoms with Crippen molar-refractivity contribution in [3.8, 4) is 5.75 Å². The van der Waals surface area contributed by atoms with E-state index in [1.165, 1.54) is 40.7 Å². The number of epoxide rings is 1. The summed E-state index contributed by atoms with van der Waals surface area (Å²) in [7, 11) is 4.49. The smallest absolute Gasteiger partial charge is 0.349 e. The fourth-order valence-corrected chi connectivity index (χ4v) is 9.93. The second-order valence-electron chi connectivity index (χ2n) is 15.7. The van der Waals surface area contributed by atoms with Gasteiger partial charge in [0, 0.05) is 38.2 Å². The second-order valence-corrected chi connectivity index (χ2v) is 17.6. The summed E-state index contributed by atoms with van der Waals surface area (Å²) >= 11 is 2.74. The molecule has 3 aliphatic heterocycles. The van der Waals surface area contributed by atoms with Crippen molar-refractivity contribution in [1.29, 1.82) is 0 Å². The van der Waals surface area contributed by atoms with Crippen LogP contribution in [0.1, 0.15) is 83.9 Å². The van der Waals surface area contributed by atoms with Gasteiger partial charge in [0.15, 0.2) is 0 Å². The number of rotatable bonds is 20. The maximum atomic E-state index is 13.1. The Balaban J connectivity index is 0.000000249. The van der Waals surface area contributed by atoms with Crippen LogP contribution in [0.4, 0.5) is 0 Å². The normalized spacial score (nSPS) is 21.7. The van der Waals surface area contributed by atoms with Crippen LogP contribution < -0.4 is 22.3 Å². The van der Waals surface area contributed by atoms with Crippen LogP contribution in [0.2, 0.25) is 0 Å². The SMILES string of the molecule is C[N+]1(C)[C@@H]2CC(OC(=O)C(O)(c3cccs3)c3cccs3)C[C@H]1[C@@H]1O[C@@H]12.Cl.OCc1cc(C(O)CNCCCCCCOCCCCc2ccccc2)ccc1O.[Br-]. The fraction of sp³-hybridized carbons (Fsp3) is 0.523. The van der Waals surface area contributed by atoms with E-state index in [4.69, 9.17) is 14.2 Å². The Labute approximate surface area is 367 Å². The minimum atomic E-state index is -1.72. The Kier molecular flexibility index (Phi) is 19.1. The number of hydrogen-bond acceptors (Lipinski definition) is 11. The third-order valence-corrected chi connectivity index (χ3v) is 13.6. The van der Waals surface area contributed by atoms with E-state index in [2.05, 4.69) is 49.7 Å². The number of fused-ring (bicyclic) bond motifs is 5. The largest absolute Gasteiger partial charge is 1.00 e. The molecule has 58 heavy (non-hydrogen) atoms. The van der Waals surface area contributed by atoms with Crippen LogP contribution in [-0.2, 0) is 37.6 Å². The zero-order chi connectivity index (χ0) is 39.5. The molecular formula is C44H60BrClN2O8S2. The van der Waals surface area contributed by atoms with Crippen molar-refractivity contribution in [2.45, 2.75) is 106 Å². The summed E-state index contributed by atoms with van der Waals surface area (Å²) in [4.78, 5) is 14.3. The summed E-state index contributed by atoms with van der Waals surface area (Å²) in [6, 6.07) is 23.4. The van der Waals surface area contributed by atoms with Crippen molar-refractivity contribution >= 4 is 41.0 Å². The lowest BCUT2D eigenvalue weighted by atomic mass is 9.95. The number of unbranched alkanes of at least 4 members (excludes halogenated alkanes) is 4. The highest BCUT2D eigenvalue weighted by Crippen LogP contribution is 2.52. The lowest BCUT2D eigenvalue weighted by molar-refractivity contribution is -0.938. The van der Waals surface area contributed by atoms with Crippen LogP contribution in [0.3, 0.4) is 0 Å². The number of aliphatic hydroxyl groups excluding tert-OH is 2. The maximum Gasteiger partial charge on any atom is 0.349 e. The number of aliphatic hydroxyl groups is 3. The number of nitrogens with zero attached hydrogens (tertiary/aromatic N) is 1. The molecule has 3 aliphatic rings. The minimum absolute atomic E-state index is 0. The van der Waals surface area contributed by atoms with E-state index >= 15 is 0 Å². The van der Waals surface area contributed by atoms with Gasteiger partial charge in [-0.25, -0.2) is 4.79 Å². The average molecular weight is 924 g/mol. The summed E-state index contributed by atoms with van der Waals surface area (Å²) in [5.41, 5.74) is 0.814. The molecule has 6 atom stereocenters.